The average molecular weight is 364 g/mol. The maximum absolute atomic E-state index is 12.3. The minimum Gasteiger partial charge on any atom is -0.495 e. The number of benzene rings is 1. The lowest BCUT2D eigenvalue weighted by molar-refractivity contribution is -0.131. The van der Waals surface area contributed by atoms with Crippen LogP contribution in [0.15, 0.2) is 24.3 Å². The molecule has 2 rings (SSSR count). The number of piperidine rings is 1. The van der Waals surface area contributed by atoms with Crippen LogP contribution < -0.4 is 15.8 Å². The number of amides is 1. The van der Waals surface area contributed by atoms with Gasteiger partial charge in [0, 0.05) is 19.1 Å². The Hall–Kier alpha value is -1.17. The molecule has 1 amide bonds. The van der Waals surface area contributed by atoms with E-state index in [9.17, 15) is 4.79 Å². The Bertz CT molecular complexity index is 486. The fourth-order valence-corrected chi connectivity index (χ4v) is 2.74. The van der Waals surface area contributed by atoms with Gasteiger partial charge in [-0.1, -0.05) is 12.1 Å². The number of hydrogen-bond donors (Lipinski definition) is 2. The molecule has 23 heavy (non-hydrogen) atoms. The van der Waals surface area contributed by atoms with E-state index in [1.54, 1.807) is 7.11 Å². The molecule has 0 aromatic heterocycles. The summed E-state index contributed by atoms with van der Waals surface area (Å²) in [5.74, 6) is 1.28. The first-order valence-corrected chi connectivity index (χ1v) is 7.52. The number of hydrogen-bond acceptors (Lipinski definition) is 4. The van der Waals surface area contributed by atoms with E-state index in [-0.39, 0.29) is 43.3 Å². The Morgan fingerprint density at radius 3 is 2.78 bits per heavy atom. The third-order valence-corrected chi connectivity index (χ3v) is 4.09. The molecule has 0 spiro atoms. The van der Waals surface area contributed by atoms with Gasteiger partial charge in [0.05, 0.1) is 19.3 Å². The molecule has 0 radical (unpaired) electrons. The summed E-state index contributed by atoms with van der Waals surface area (Å²) in [5.41, 5.74) is 6.80. The van der Waals surface area contributed by atoms with Gasteiger partial charge in [0.25, 0.3) is 0 Å². The molecule has 1 saturated heterocycles. The molecule has 0 saturated carbocycles. The molecular formula is C16H27Cl2N3O2. The molecule has 5 nitrogen and oxygen atoms in total. The third-order valence-electron chi connectivity index (χ3n) is 4.09. The molecular weight excluding hydrogens is 337 g/mol. The van der Waals surface area contributed by atoms with Crippen LogP contribution in [-0.4, -0.2) is 43.6 Å². The summed E-state index contributed by atoms with van der Waals surface area (Å²) >= 11 is 0. The van der Waals surface area contributed by atoms with Crippen molar-refractivity contribution in [3.05, 3.63) is 24.3 Å². The first-order valence-electron chi connectivity index (χ1n) is 7.52. The lowest BCUT2D eigenvalue weighted by Crippen LogP contribution is -2.46. The quantitative estimate of drug-likeness (QED) is 0.843. The number of para-hydroxylation sites is 2. The largest absolute Gasteiger partial charge is 0.495 e. The average Bonchev–Trinajstić information content (AvgIpc) is 2.52. The van der Waals surface area contributed by atoms with E-state index in [4.69, 9.17) is 10.5 Å². The molecule has 2 atom stereocenters. The van der Waals surface area contributed by atoms with Crippen LogP contribution in [0.25, 0.3) is 0 Å². The first-order chi connectivity index (χ1) is 10.1. The maximum Gasteiger partial charge on any atom is 0.241 e. The highest BCUT2D eigenvalue weighted by molar-refractivity contribution is 5.85. The minimum atomic E-state index is 0. The molecule has 2 unspecified atom stereocenters. The van der Waals surface area contributed by atoms with Crippen molar-refractivity contribution in [3.8, 4) is 5.75 Å². The van der Waals surface area contributed by atoms with Gasteiger partial charge in [-0.3, -0.25) is 4.79 Å². The van der Waals surface area contributed by atoms with Crippen LogP contribution in [0.4, 0.5) is 5.69 Å². The van der Waals surface area contributed by atoms with E-state index in [2.05, 4.69) is 5.32 Å². The van der Waals surface area contributed by atoms with Gasteiger partial charge in [-0.15, -0.1) is 24.8 Å². The van der Waals surface area contributed by atoms with Crippen molar-refractivity contribution in [2.45, 2.75) is 25.8 Å². The first kappa shape index (κ1) is 21.8. The van der Waals surface area contributed by atoms with Crippen molar-refractivity contribution in [2.75, 3.05) is 32.1 Å². The number of carbonyl (C=O) groups excluding carboxylic acids is 1. The van der Waals surface area contributed by atoms with E-state index in [0.29, 0.717) is 5.92 Å². The minimum absolute atomic E-state index is 0. The van der Waals surface area contributed by atoms with Crippen LogP contribution in [0, 0.1) is 5.92 Å². The number of rotatable bonds is 5. The van der Waals surface area contributed by atoms with Crippen LogP contribution in [-0.2, 0) is 4.79 Å². The summed E-state index contributed by atoms with van der Waals surface area (Å²) < 4.78 is 5.27. The number of halogens is 2. The lowest BCUT2D eigenvalue weighted by atomic mass is 9.92. The van der Waals surface area contributed by atoms with Crippen LogP contribution >= 0.6 is 24.8 Å². The number of ether oxygens (including phenoxy) is 1. The Labute approximate surface area is 150 Å². The number of likely N-dealkylation sites (tertiary alicyclic amines) is 1. The van der Waals surface area contributed by atoms with Crippen LogP contribution in [0.5, 0.6) is 5.75 Å². The zero-order chi connectivity index (χ0) is 15.2. The molecule has 0 bridgehead atoms. The van der Waals surface area contributed by atoms with Crippen LogP contribution in [0.1, 0.15) is 19.8 Å². The van der Waals surface area contributed by atoms with E-state index in [1.165, 1.54) is 0 Å². The molecule has 0 aliphatic carbocycles. The monoisotopic (exact) mass is 363 g/mol. The highest BCUT2D eigenvalue weighted by atomic mass is 35.5. The summed E-state index contributed by atoms with van der Waals surface area (Å²) in [7, 11) is 1.63. The predicted octanol–water partition coefficient (Wildman–Crippen LogP) is 2.54. The Morgan fingerprint density at radius 1 is 1.43 bits per heavy atom. The van der Waals surface area contributed by atoms with Gasteiger partial charge in [0.15, 0.2) is 0 Å². The molecule has 1 aromatic rings. The zero-order valence-corrected chi connectivity index (χ0v) is 15.3. The van der Waals surface area contributed by atoms with Gasteiger partial charge >= 0.3 is 0 Å². The van der Waals surface area contributed by atoms with Gasteiger partial charge in [-0.05, 0) is 37.8 Å². The van der Waals surface area contributed by atoms with Gasteiger partial charge in [-0.2, -0.15) is 0 Å². The third kappa shape index (κ3) is 6.09. The molecule has 1 aromatic carbocycles. The van der Waals surface area contributed by atoms with E-state index in [0.717, 1.165) is 37.4 Å². The van der Waals surface area contributed by atoms with E-state index in [1.807, 2.05) is 36.1 Å². The molecule has 1 heterocycles. The SMILES string of the molecule is COc1ccccc1NCC(=O)N1CCCC(C(C)N)C1.Cl.Cl. The fraction of sp³-hybridized carbons (Fsp3) is 0.562. The summed E-state index contributed by atoms with van der Waals surface area (Å²) in [6.07, 6.45) is 2.15. The summed E-state index contributed by atoms with van der Waals surface area (Å²) in [6.45, 7) is 3.90. The Morgan fingerprint density at radius 2 is 2.13 bits per heavy atom. The second-order valence-corrected chi connectivity index (χ2v) is 5.66. The number of nitrogens with zero attached hydrogens (tertiary/aromatic N) is 1. The van der Waals surface area contributed by atoms with Crippen molar-refractivity contribution in [2.24, 2.45) is 11.7 Å². The van der Waals surface area contributed by atoms with Crippen molar-refractivity contribution in [1.29, 1.82) is 0 Å². The molecule has 1 aliphatic heterocycles. The van der Waals surface area contributed by atoms with Gasteiger partial charge in [0.2, 0.25) is 5.91 Å². The van der Waals surface area contributed by atoms with Crippen molar-refractivity contribution < 1.29 is 9.53 Å². The predicted molar refractivity (Wildman–Crippen MR) is 98.9 cm³/mol. The number of anilines is 1. The second kappa shape index (κ2) is 10.6. The van der Waals surface area contributed by atoms with Gasteiger partial charge in [0.1, 0.15) is 5.75 Å². The zero-order valence-electron chi connectivity index (χ0n) is 13.7. The maximum atomic E-state index is 12.3. The Balaban J connectivity index is 0.00000242. The number of nitrogens with one attached hydrogen (secondary N) is 1. The number of carbonyl (C=O) groups is 1. The smallest absolute Gasteiger partial charge is 0.241 e. The van der Waals surface area contributed by atoms with Gasteiger partial charge in [-0.25, -0.2) is 0 Å². The number of methoxy groups -OCH3 is 1. The molecule has 132 valence electrons. The van der Waals surface area contributed by atoms with Crippen molar-refractivity contribution >= 4 is 36.4 Å². The molecule has 1 fully saturated rings. The van der Waals surface area contributed by atoms with Crippen LogP contribution in [0.2, 0.25) is 0 Å². The molecule has 1 aliphatic rings. The summed E-state index contributed by atoms with van der Waals surface area (Å²) in [5, 5.41) is 3.16. The highest BCUT2D eigenvalue weighted by Gasteiger charge is 2.25. The topological polar surface area (TPSA) is 67.6 Å². The standard InChI is InChI=1S/C16H25N3O2.2ClH/c1-12(17)13-6-5-9-19(11-13)16(20)10-18-14-7-3-4-8-15(14)21-2;;/h3-4,7-8,12-13,18H,5-6,9-11,17H2,1-2H3;2*1H. The van der Waals surface area contributed by atoms with E-state index < -0.39 is 0 Å². The Kier molecular flexibility index (Phi) is 10.0. The van der Waals surface area contributed by atoms with Crippen LogP contribution in [0.3, 0.4) is 0 Å². The second-order valence-electron chi connectivity index (χ2n) is 5.66. The normalized spacial score (nSPS) is 18.2. The summed E-state index contributed by atoms with van der Waals surface area (Å²) in [4.78, 5) is 14.2. The van der Waals surface area contributed by atoms with Crippen molar-refractivity contribution in [1.82, 2.24) is 4.90 Å². The molecule has 7 heteroatoms. The van der Waals surface area contributed by atoms with E-state index >= 15 is 0 Å². The highest BCUT2D eigenvalue weighted by Crippen LogP contribution is 2.23. The summed E-state index contributed by atoms with van der Waals surface area (Å²) in [6, 6.07) is 7.75. The lowest BCUT2D eigenvalue weighted by Gasteiger charge is -2.34. The fourth-order valence-electron chi connectivity index (χ4n) is 2.74. The number of nitrogens with two attached hydrogens (primary N) is 1. The molecule has 3 N–H and O–H groups in total. The van der Waals surface area contributed by atoms with Crippen molar-refractivity contribution in [3.63, 3.8) is 0 Å². The van der Waals surface area contributed by atoms with Gasteiger partial charge < -0.3 is 20.7 Å².